The van der Waals surface area contributed by atoms with Gasteiger partial charge in [-0.05, 0) is 37.5 Å². The second-order valence-electron chi connectivity index (χ2n) is 3.95. The van der Waals surface area contributed by atoms with Gasteiger partial charge in [0.2, 0.25) is 0 Å². The van der Waals surface area contributed by atoms with Crippen LogP contribution in [0.2, 0.25) is 0 Å². The lowest BCUT2D eigenvalue weighted by Crippen LogP contribution is -2.20. The Bertz CT molecular complexity index is 1000. The maximum atomic E-state index is 9.06. The van der Waals surface area contributed by atoms with Gasteiger partial charge in [-0.1, -0.05) is 54.5 Å². The molecule has 2 aromatic carbocycles. The van der Waals surface area contributed by atoms with Crippen LogP contribution in [0.15, 0.2) is 54.5 Å². The third-order valence-electron chi connectivity index (χ3n) is 2.51. The first-order chi connectivity index (χ1) is 15.3. The van der Waals surface area contributed by atoms with Crippen LogP contribution >= 0.6 is 0 Å². The highest BCUT2D eigenvalue weighted by Crippen LogP contribution is 2.28. The maximum absolute atomic E-state index is 9.06. The lowest BCUT2D eigenvalue weighted by Gasteiger charge is -2.22. The molecular formula is C18H23NO. The molecule has 2 heteroatoms. The van der Waals surface area contributed by atoms with Crippen molar-refractivity contribution in [3.05, 3.63) is 71.2 Å². The summed E-state index contributed by atoms with van der Waals surface area (Å²) in [6.07, 6.45) is -2.53. The van der Waals surface area contributed by atoms with Crippen LogP contribution in [0.4, 0.5) is 0 Å². The van der Waals surface area contributed by atoms with Gasteiger partial charge in [-0.15, -0.1) is 0 Å². The predicted molar refractivity (Wildman–Crippen MR) is 84.0 cm³/mol. The zero-order valence-corrected chi connectivity index (χ0v) is 10.7. The van der Waals surface area contributed by atoms with E-state index < -0.39 is 75.3 Å². The molecule has 0 saturated heterocycles. The van der Waals surface area contributed by atoms with Crippen LogP contribution < -0.4 is 0 Å². The Hall–Kier alpha value is -1.64. The fourth-order valence-corrected chi connectivity index (χ4v) is 1.61. The Labute approximate surface area is 141 Å². The summed E-state index contributed by atoms with van der Waals surface area (Å²) in [6, 6.07) is 4.10. The van der Waals surface area contributed by atoms with Crippen LogP contribution in [0, 0.1) is 6.85 Å². The smallest absolute Gasteiger partial charge is 0.108 e. The molecule has 2 nitrogen and oxygen atoms in total. The largest absolute Gasteiger partial charge is 0.367 e. The summed E-state index contributed by atoms with van der Waals surface area (Å²) in [6.45, 7) is -10.5. The summed E-state index contributed by atoms with van der Waals surface area (Å²) in [4.78, 5) is 0.205. The van der Waals surface area contributed by atoms with Gasteiger partial charge in [-0.2, -0.15) is 0 Å². The van der Waals surface area contributed by atoms with Gasteiger partial charge in [0.05, 0.1) is 13.5 Å². The Kier molecular flexibility index (Phi) is 1.80. The van der Waals surface area contributed by atoms with Gasteiger partial charge in [0.1, 0.15) is 6.08 Å². The first-order valence-electron chi connectivity index (χ1n) is 12.9. The molecule has 106 valence electrons. The third-order valence-corrected chi connectivity index (χ3v) is 2.51. The highest BCUT2D eigenvalue weighted by atomic mass is 16.5. The number of ether oxygens (including phenoxy) is 1. The molecule has 0 bridgehead atoms. The number of rotatable bonds is 6. The molecule has 0 aliphatic carbocycles. The molecule has 0 N–H and O–H groups in total. The Morgan fingerprint density at radius 3 is 2.80 bits per heavy atom. The fraction of sp³-hybridized carbons (Fsp3) is 0.333. The van der Waals surface area contributed by atoms with Gasteiger partial charge >= 0.3 is 0 Å². The molecule has 0 fully saturated rings. The average molecular weight is 283 g/mol. The summed E-state index contributed by atoms with van der Waals surface area (Å²) in [5.41, 5.74) is -1.49. The van der Waals surface area contributed by atoms with Crippen molar-refractivity contribution in [1.29, 1.82) is 0 Å². The van der Waals surface area contributed by atoms with E-state index in [0.717, 1.165) is 0 Å². The maximum Gasteiger partial charge on any atom is 0.108 e. The molecule has 1 atom stereocenters. The van der Waals surface area contributed by atoms with E-state index in [1.807, 2.05) is 0 Å². The van der Waals surface area contributed by atoms with Crippen LogP contribution in [0.25, 0.3) is 0 Å². The summed E-state index contributed by atoms with van der Waals surface area (Å²) in [7, 11) is 0. The van der Waals surface area contributed by atoms with E-state index in [1.54, 1.807) is 6.07 Å². The molecule has 0 saturated carbocycles. The van der Waals surface area contributed by atoms with Crippen molar-refractivity contribution in [3.8, 4) is 0 Å². The average Bonchev–Trinajstić information content (AvgIpc) is 2.69. The lowest BCUT2D eigenvalue weighted by atomic mass is 9.97. The fourth-order valence-electron chi connectivity index (χ4n) is 1.61. The van der Waals surface area contributed by atoms with Crippen LogP contribution in [0.1, 0.15) is 42.0 Å². The van der Waals surface area contributed by atoms with Crippen molar-refractivity contribution in [2.24, 2.45) is 0 Å². The van der Waals surface area contributed by atoms with Gasteiger partial charge < -0.3 is 9.64 Å². The van der Waals surface area contributed by atoms with Crippen LogP contribution in [-0.2, 0) is 4.74 Å². The zero-order valence-electron chi connectivity index (χ0n) is 24.7. The van der Waals surface area contributed by atoms with Gasteiger partial charge in [0, 0.05) is 18.9 Å². The van der Waals surface area contributed by atoms with Crippen molar-refractivity contribution in [2.75, 3.05) is 27.1 Å². The van der Waals surface area contributed by atoms with Gasteiger partial charge in [0.25, 0.3) is 0 Å². The number of benzene rings is 2. The minimum atomic E-state index is -3.06. The van der Waals surface area contributed by atoms with Gasteiger partial charge in [0.15, 0.2) is 0 Å². The zero-order chi connectivity index (χ0) is 26.3. The second kappa shape index (κ2) is 7.22. The normalized spacial score (nSPS) is 26.2. The molecular weight excluding hydrogens is 246 g/mol. The molecule has 0 aliphatic rings. The molecule has 0 heterocycles. The molecule has 2 aromatic rings. The van der Waals surface area contributed by atoms with Crippen LogP contribution in [0.3, 0.4) is 0 Å². The van der Waals surface area contributed by atoms with E-state index in [-0.39, 0.29) is 10.5 Å². The minimum absolute atomic E-state index is 0.000141. The SMILES string of the molecule is [2H]c1c([2H])c([2H])c(C([2H])(OCCN(C([2H])([2H])[2H])C([2H])([2H])[2H])c2ccccc2)c(C([2H])([2H])[2H])c1[2H]. The number of hydrogen-bond donors (Lipinski definition) is 0. The second-order valence-corrected chi connectivity index (χ2v) is 3.95. The molecule has 0 aromatic heterocycles. The van der Waals surface area contributed by atoms with Gasteiger partial charge in [-0.25, -0.2) is 0 Å². The van der Waals surface area contributed by atoms with E-state index >= 15 is 0 Å². The highest BCUT2D eigenvalue weighted by Gasteiger charge is 2.16. The van der Waals surface area contributed by atoms with Crippen LogP contribution in [-0.4, -0.2) is 32.0 Å². The topological polar surface area (TPSA) is 12.5 Å². The molecule has 0 radical (unpaired) electrons. The van der Waals surface area contributed by atoms with E-state index in [4.69, 9.17) is 23.9 Å². The van der Waals surface area contributed by atoms with Crippen molar-refractivity contribution in [2.45, 2.75) is 12.9 Å². The quantitative estimate of drug-likeness (QED) is 0.802. The molecule has 0 aliphatic heterocycles. The summed E-state index contributed by atoms with van der Waals surface area (Å²) < 4.78 is 115. The number of hydrogen-bond acceptors (Lipinski definition) is 2. The van der Waals surface area contributed by atoms with Crippen molar-refractivity contribution < 1.29 is 23.9 Å². The van der Waals surface area contributed by atoms with Crippen LogP contribution in [0.5, 0.6) is 0 Å². The third kappa shape index (κ3) is 3.92. The summed E-state index contributed by atoms with van der Waals surface area (Å²) >= 11 is 0. The van der Waals surface area contributed by atoms with E-state index in [9.17, 15) is 0 Å². The number of likely N-dealkylation sites (N-methyl/N-ethyl adjacent to an activating group) is 1. The lowest BCUT2D eigenvalue weighted by molar-refractivity contribution is 0.0683. The summed E-state index contributed by atoms with van der Waals surface area (Å²) in [5.74, 6) is 0. The summed E-state index contributed by atoms with van der Waals surface area (Å²) in [5, 5.41) is 0. The number of nitrogens with zero attached hydrogens (tertiary/aromatic N) is 1. The van der Waals surface area contributed by atoms with Crippen molar-refractivity contribution >= 4 is 0 Å². The first-order valence-corrected chi connectivity index (χ1v) is 5.92. The van der Waals surface area contributed by atoms with Gasteiger partial charge in [-0.3, -0.25) is 0 Å². The first kappa shape index (κ1) is 4.97. The van der Waals surface area contributed by atoms with E-state index in [0.29, 0.717) is 0 Å². The molecule has 0 amide bonds. The standard InChI is InChI=1S/C18H23NO/c1-15-9-7-8-12-17(15)18(20-14-13-19(2)3)16-10-5-4-6-11-16/h4-12,18H,13-14H2,1-3H3/i1D3,2D3,3D3,7D,8D,9D,12D,18D. The monoisotopic (exact) mass is 283 g/mol. The molecule has 0 spiro atoms. The Morgan fingerprint density at radius 1 is 1.25 bits per heavy atom. The molecule has 1 unspecified atom stereocenters. The minimum Gasteiger partial charge on any atom is -0.367 e. The van der Waals surface area contributed by atoms with Crippen molar-refractivity contribution in [1.82, 2.24) is 4.90 Å². The predicted octanol–water partition coefficient (Wildman–Crippen LogP) is 3.66. The van der Waals surface area contributed by atoms with E-state index in [1.165, 1.54) is 24.3 Å². The van der Waals surface area contributed by atoms with E-state index in [2.05, 4.69) is 0 Å². The molecule has 20 heavy (non-hydrogen) atoms. The van der Waals surface area contributed by atoms with Crippen molar-refractivity contribution in [3.63, 3.8) is 0 Å². The molecule has 2 rings (SSSR count). The Balaban J connectivity index is 2.71. The Morgan fingerprint density at radius 2 is 2.05 bits per heavy atom. The highest BCUT2D eigenvalue weighted by molar-refractivity contribution is 5.35.